The lowest BCUT2D eigenvalue weighted by atomic mass is 9.90. The molecule has 33 heavy (non-hydrogen) atoms. The fraction of sp³-hybridized carbons (Fsp3) is 0.269. The number of halogens is 1. The fourth-order valence-electron chi connectivity index (χ4n) is 4.40. The molecule has 0 N–H and O–H groups in total. The molecule has 1 amide bonds. The highest BCUT2D eigenvalue weighted by Gasteiger charge is 2.41. The summed E-state index contributed by atoms with van der Waals surface area (Å²) in [5, 5.41) is 0.472. The molecule has 0 bridgehead atoms. The molecular formula is C26H27ClN2O3S. The highest BCUT2D eigenvalue weighted by Crippen LogP contribution is 2.44. The van der Waals surface area contributed by atoms with E-state index in [1.54, 1.807) is 24.3 Å². The van der Waals surface area contributed by atoms with Crippen LogP contribution in [0.5, 0.6) is 0 Å². The van der Waals surface area contributed by atoms with Gasteiger partial charge in [-0.2, -0.15) is 0 Å². The number of amides is 1. The third-order valence-corrected chi connectivity index (χ3v) is 8.06. The lowest BCUT2D eigenvalue weighted by Gasteiger charge is -2.44. The molecule has 3 aromatic rings. The highest BCUT2D eigenvalue weighted by molar-refractivity contribution is 7.92. The Morgan fingerprint density at radius 1 is 0.970 bits per heavy atom. The number of sulfonamides is 1. The second-order valence-corrected chi connectivity index (χ2v) is 10.9. The van der Waals surface area contributed by atoms with Gasteiger partial charge in [-0.3, -0.25) is 9.10 Å². The Kier molecular flexibility index (Phi) is 6.50. The minimum absolute atomic E-state index is 0.0280. The first-order valence-corrected chi connectivity index (χ1v) is 12.8. The van der Waals surface area contributed by atoms with Crippen molar-refractivity contribution in [2.75, 3.05) is 9.21 Å². The van der Waals surface area contributed by atoms with Gasteiger partial charge in [0.25, 0.3) is 10.0 Å². The first kappa shape index (κ1) is 23.3. The molecule has 0 aliphatic carbocycles. The monoisotopic (exact) mass is 482 g/mol. The second-order valence-electron chi connectivity index (χ2n) is 8.61. The van der Waals surface area contributed by atoms with Crippen molar-refractivity contribution in [2.45, 2.75) is 44.2 Å². The van der Waals surface area contributed by atoms with Gasteiger partial charge in [0.05, 0.1) is 16.6 Å². The molecule has 7 heteroatoms. The summed E-state index contributed by atoms with van der Waals surface area (Å²) in [6.45, 7) is 5.73. The molecule has 2 atom stereocenters. The SMILES string of the molecule is CC(C)C(=O)N1c2ccccc2[C@H](N(c2ccccc2)S(=O)(=O)c2ccc(Cl)cc2)C[C@@H]1C. The maximum absolute atomic E-state index is 14.0. The number of benzene rings is 3. The molecule has 1 heterocycles. The Morgan fingerprint density at radius 2 is 1.58 bits per heavy atom. The molecule has 3 aromatic carbocycles. The summed E-state index contributed by atoms with van der Waals surface area (Å²) in [4.78, 5) is 15.0. The zero-order chi connectivity index (χ0) is 23.8. The van der Waals surface area contributed by atoms with Crippen LogP contribution in [0.15, 0.2) is 83.8 Å². The van der Waals surface area contributed by atoms with E-state index in [1.807, 2.05) is 68.1 Å². The van der Waals surface area contributed by atoms with Crippen LogP contribution in [0.1, 0.15) is 38.8 Å². The van der Waals surface area contributed by atoms with Gasteiger partial charge in [-0.1, -0.05) is 61.8 Å². The number of anilines is 2. The van der Waals surface area contributed by atoms with Gasteiger partial charge in [-0.25, -0.2) is 8.42 Å². The average Bonchev–Trinajstić information content (AvgIpc) is 2.80. The molecule has 4 rings (SSSR count). The summed E-state index contributed by atoms with van der Waals surface area (Å²) in [7, 11) is -3.92. The zero-order valence-electron chi connectivity index (χ0n) is 18.9. The fourth-order valence-corrected chi connectivity index (χ4v) is 6.17. The topological polar surface area (TPSA) is 57.7 Å². The Labute approximate surface area is 200 Å². The third kappa shape index (κ3) is 4.37. The van der Waals surface area contributed by atoms with Crippen LogP contribution >= 0.6 is 11.6 Å². The number of nitrogens with zero attached hydrogens (tertiary/aromatic N) is 2. The predicted molar refractivity (Wildman–Crippen MR) is 133 cm³/mol. The molecule has 172 valence electrons. The van der Waals surface area contributed by atoms with Crippen molar-refractivity contribution in [3.8, 4) is 0 Å². The van der Waals surface area contributed by atoms with E-state index in [2.05, 4.69) is 0 Å². The van der Waals surface area contributed by atoms with Gasteiger partial charge in [-0.15, -0.1) is 0 Å². The number of para-hydroxylation sites is 2. The lowest BCUT2D eigenvalue weighted by molar-refractivity contribution is -0.122. The largest absolute Gasteiger partial charge is 0.309 e. The summed E-state index contributed by atoms with van der Waals surface area (Å²) in [5.74, 6) is -0.139. The molecule has 0 spiro atoms. The van der Waals surface area contributed by atoms with E-state index >= 15 is 0 Å². The second kappa shape index (κ2) is 9.20. The van der Waals surface area contributed by atoms with E-state index < -0.39 is 16.1 Å². The number of hydrogen-bond donors (Lipinski definition) is 0. The molecule has 0 saturated carbocycles. The lowest BCUT2D eigenvalue weighted by Crippen LogP contribution is -2.49. The van der Waals surface area contributed by atoms with Gasteiger partial charge in [0.1, 0.15) is 0 Å². The summed E-state index contributed by atoms with van der Waals surface area (Å²) < 4.78 is 29.5. The molecule has 0 saturated heterocycles. The normalized spacial score (nSPS) is 18.2. The Morgan fingerprint density at radius 3 is 2.21 bits per heavy atom. The quantitative estimate of drug-likeness (QED) is 0.444. The molecule has 1 aliphatic heterocycles. The molecule has 5 nitrogen and oxygen atoms in total. The standard InChI is InChI=1S/C26H27ClN2O3S/c1-18(2)26(30)28-19(3)17-25(23-11-7-8-12-24(23)28)29(21-9-5-4-6-10-21)33(31,32)22-15-13-20(27)14-16-22/h4-16,18-19,25H,17H2,1-3H3/t19-,25+/m0/s1. The smallest absolute Gasteiger partial charge is 0.264 e. The molecule has 0 fully saturated rings. The van der Waals surface area contributed by atoms with E-state index in [4.69, 9.17) is 11.6 Å². The maximum atomic E-state index is 14.0. The predicted octanol–water partition coefficient (Wildman–Crippen LogP) is 6.06. The number of rotatable bonds is 5. The highest BCUT2D eigenvalue weighted by atomic mass is 35.5. The van der Waals surface area contributed by atoms with Gasteiger partial charge < -0.3 is 4.90 Å². The van der Waals surface area contributed by atoms with Crippen molar-refractivity contribution in [3.05, 3.63) is 89.4 Å². The Bertz CT molecular complexity index is 1240. The van der Waals surface area contributed by atoms with E-state index in [1.165, 1.54) is 16.4 Å². The van der Waals surface area contributed by atoms with Crippen LogP contribution in [0.25, 0.3) is 0 Å². The Hall–Kier alpha value is -2.83. The van der Waals surface area contributed by atoms with Crippen molar-refractivity contribution in [2.24, 2.45) is 5.92 Å². The minimum Gasteiger partial charge on any atom is -0.309 e. The molecule has 0 radical (unpaired) electrons. The van der Waals surface area contributed by atoms with E-state index in [0.717, 1.165) is 11.3 Å². The van der Waals surface area contributed by atoms with Crippen LogP contribution in [0.4, 0.5) is 11.4 Å². The molecule has 0 aromatic heterocycles. The summed E-state index contributed by atoms with van der Waals surface area (Å²) in [5.41, 5.74) is 2.14. The summed E-state index contributed by atoms with van der Waals surface area (Å²) in [6.07, 6.45) is 0.469. The van der Waals surface area contributed by atoms with E-state index in [-0.39, 0.29) is 22.8 Å². The van der Waals surface area contributed by atoms with Crippen LogP contribution in [0.3, 0.4) is 0 Å². The summed E-state index contributed by atoms with van der Waals surface area (Å²) in [6, 6.07) is 22.3. The van der Waals surface area contributed by atoms with Crippen LogP contribution in [0, 0.1) is 5.92 Å². The van der Waals surface area contributed by atoms with Crippen molar-refractivity contribution >= 4 is 38.9 Å². The minimum atomic E-state index is -3.92. The van der Waals surface area contributed by atoms with Gasteiger partial charge in [-0.05, 0) is 61.4 Å². The van der Waals surface area contributed by atoms with E-state index in [9.17, 15) is 13.2 Å². The van der Waals surface area contributed by atoms with Gasteiger partial charge >= 0.3 is 0 Å². The van der Waals surface area contributed by atoms with Gasteiger partial charge in [0.15, 0.2) is 0 Å². The Balaban J connectivity index is 1.90. The van der Waals surface area contributed by atoms with Crippen molar-refractivity contribution in [3.63, 3.8) is 0 Å². The summed E-state index contributed by atoms with van der Waals surface area (Å²) >= 11 is 6.02. The number of carbonyl (C=O) groups is 1. The van der Waals surface area contributed by atoms with Crippen molar-refractivity contribution in [1.29, 1.82) is 0 Å². The number of carbonyl (C=O) groups excluding carboxylic acids is 1. The van der Waals surface area contributed by atoms with Crippen molar-refractivity contribution in [1.82, 2.24) is 0 Å². The van der Waals surface area contributed by atoms with Crippen LogP contribution < -0.4 is 9.21 Å². The molecule has 1 aliphatic rings. The number of fused-ring (bicyclic) bond motifs is 1. The van der Waals surface area contributed by atoms with Crippen LogP contribution in [0.2, 0.25) is 5.02 Å². The average molecular weight is 483 g/mol. The molecule has 0 unspecified atom stereocenters. The first-order chi connectivity index (χ1) is 15.7. The van der Waals surface area contributed by atoms with Crippen LogP contribution in [-0.2, 0) is 14.8 Å². The van der Waals surface area contributed by atoms with Crippen LogP contribution in [-0.4, -0.2) is 20.4 Å². The van der Waals surface area contributed by atoms with Gasteiger partial charge in [0.2, 0.25) is 5.91 Å². The number of hydrogen-bond acceptors (Lipinski definition) is 3. The maximum Gasteiger partial charge on any atom is 0.264 e. The van der Waals surface area contributed by atoms with Crippen molar-refractivity contribution < 1.29 is 13.2 Å². The van der Waals surface area contributed by atoms with Gasteiger partial charge in [0, 0.05) is 22.7 Å². The molecular weight excluding hydrogens is 456 g/mol. The zero-order valence-corrected chi connectivity index (χ0v) is 20.4. The van der Waals surface area contributed by atoms with E-state index in [0.29, 0.717) is 17.1 Å². The third-order valence-electron chi connectivity index (χ3n) is 5.96. The first-order valence-electron chi connectivity index (χ1n) is 11.0.